The smallest absolute Gasteiger partial charge is 0.130 e. The largest absolute Gasteiger partial charge is 0.378 e. The maximum atomic E-state index is 5.77. The van der Waals surface area contributed by atoms with Crippen LogP contribution in [0, 0.1) is 5.41 Å². The highest BCUT2D eigenvalue weighted by Crippen LogP contribution is 2.47. The number of anilines is 1. The van der Waals surface area contributed by atoms with Crippen LogP contribution in [0.2, 0.25) is 0 Å². The van der Waals surface area contributed by atoms with Crippen molar-refractivity contribution in [1.29, 1.82) is 0 Å². The van der Waals surface area contributed by atoms with E-state index in [4.69, 9.17) is 4.74 Å². The Hall–Kier alpha value is -0.680. The van der Waals surface area contributed by atoms with Crippen LogP contribution in [0.15, 0.2) is 6.20 Å². The second-order valence-electron chi connectivity index (χ2n) is 4.52. The lowest BCUT2D eigenvalue weighted by Gasteiger charge is -2.53. The third-order valence-corrected chi connectivity index (χ3v) is 4.38. The molecule has 0 aromatic carbocycles. The molecule has 16 heavy (non-hydrogen) atoms. The fourth-order valence-electron chi connectivity index (χ4n) is 2.38. The molecule has 1 aliphatic carbocycles. The molecule has 4 nitrogen and oxygen atoms in total. The molecule has 2 rings (SSSR count). The summed E-state index contributed by atoms with van der Waals surface area (Å²) in [6, 6.07) is 0.483. The van der Waals surface area contributed by atoms with Crippen LogP contribution in [-0.2, 0) is 4.74 Å². The number of hydrogen-bond donors (Lipinski definition) is 1. The molecule has 0 saturated heterocycles. The van der Waals surface area contributed by atoms with Crippen LogP contribution in [0.5, 0.6) is 0 Å². The van der Waals surface area contributed by atoms with Crippen LogP contribution in [-0.4, -0.2) is 28.3 Å². The van der Waals surface area contributed by atoms with Crippen LogP contribution >= 0.6 is 11.5 Å². The molecule has 0 amide bonds. The molecule has 1 aliphatic rings. The van der Waals surface area contributed by atoms with Crippen LogP contribution in [0.3, 0.4) is 0 Å². The first-order chi connectivity index (χ1) is 7.70. The molecule has 0 bridgehead atoms. The number of nitrogens with one attached hydrogen (secondary N) is 1. The van der Waals surface area contributed by atoms with Gasteiger partial charge in [0.1, 0.15) is 5.00 Å². The van der Waals surface area contributed by atoms with Gasteiger partial charge in [0.25, 0.3) is 0 Å². The molecule has 1 aromatic rings. The van der Waals surface area contributed by atoms with Crippen molar-refractivity contribution in [3.8, 4) is 0 Å². The first kappa shape index (κ1) is 11.8. The lowest BCUT2D eigenvalue weighted by atomic mass is 9.61. The fraction of sp³-hybridized carbons (Fsp3) is 0.818. The molecule has 0 aliphatic heterocycles. The van der Waals surface area contributed by atoms with Gasteiger partial charge in [-0.05, 0) is 19.8 Å². The van der Waals surface area contributed by atoms with E-state index >= 15 is 0 Å². The van der Waals surface area contributed by atoms with E-state index in [0.29, 0.717) is 12.1 Å². The summed E-state index contributed by atoms with van der Waals surface area (Å²) >= 11 is 1.41. The van der Waals surface area contributed by atoms with Crippen molar-refractivity contribution < 1.29 is 4.74 Å². The van der Waals surface area contributed by atoms with E-state index < -0.39 is 0 Å². The van der Waals surface area contributed by atoms with E-state index in [1.54, 1.807) is 6.20 Å². The molecule has 0 spiro atoms. The van der Waals surface area contributed by atoms with Crippen molar-refractivity contribution in [2.45, 2.75) is 45.8 Å². The standard InChI is InChI=1S/C11H19N3OS/c1-4-11(3)8(6-9(11)15-5-2)13-10-7-12-14-16-10/h7-9,13H,4-6H2,1-3H3. The lowest BCUT2D eigenvalue weighted by Crippen LogP contribution is -2.59. The van der Waals surface area contributed by atoms with Gasteiger partial charge in [-0.1, -0.05) is 18.3 Å². The van der Waals surface area contributed by atoms with Crippen LogP contribution in [0.25, 0.3) is 0 Å². The Bertz CT molecular complexity index is 330. The van der Waals surface area contributed by atoms with Gasteiger partial charge in [0, 0.05) is 29.6 Å². The molecular formula is C11H19N3OS. The first-order valence-electron chi connectivity index (χ1n) is 5.86. The van der Waals surface area contributed by atoms with Gasteiger partial charge in [0.15, 0.2) is 0 Å². The van der Waals surface area contributed by atoms with Crippen molar-refractivity contribution in [2.75, 3.05) is 11.9 Å². The predicted molar refractivity (Wildman–Crippen MR) is 65.7 cm³/mol. The first-order valence-corrected chi connectivity index (χ1v) is 6.63. The van der Waals surface area contributed by atoms with Crippen LogP contribution in [0.1, 0.15) is 33.6 Å². The average Bonchev–Trinajstić information content (AvgIpc) is 2.79. The van der Waals surface area contributed by atoms with Crippen LogP contribution < -0.4 is 5.32 Å². The number of nitrogens with zero attached hydrogens (tertiary/aromatic N) is 2. The van der Waals surface area contributed by atoms with Crippen molar-refractivity contribution in [3.63, 3.8) is 0 Å². The summed E-state index contributed by atoms with van der Waals surface area (Å²) in [6.45, 7) is 7.38. The van der Waals surface area contributed by atoms with Gasteiger partial charge < -0.3 is 10.1 Å². The molecular weight excluding hydrogens is 222 g/mol. The zero-order valence-corrected chi connectivity index (χ0v) is 10.9. The highest BCUT2D eigenvalue weighted by molar-refractivity contribution is 7.09. The Morgan fingerprint density at radius 3 is 3.00 bits per heavy atom. The van der Waals surface area contributed by atoms with Gasteiger partial charge in [-0.3, -0.25) is 0 Å². The monoisotopic (exact) mass is 241 g/mol. The Labute approximate surface area is 101 Å². The summed E-state index contributed by atoms with van der Waals surface area (Å²) < 4.78 is 9.63. The SMILES string of the molecule is CCOC1CC(Nc2cnns2)C1(C)CC. The summed E-state index contributed by atoms with van der Waals surface area (Å²) in [5.41, 5.74) is 0.236. The maximum Gasteiger partial charge on any atom is 0.130 e. The Morgan fingerprint density at radius 1 is 1.62 bits per heavy atom. The summed E-state index contributed by atoms with van der Waals surface area (Å²) in [7, 11) is 0. The average molecular weight is 241 g/mol. The molecule has 1 fully saturated rings. The minimum absolute atomic E-state index is 0.236. The van der Waals surface area contributed by atoms with E-state index in [-0.39, 0.29) is 5.41 Å². The van der Waals surface area contributed by atoms with Crippen LogP contribution in [0.4, 0.5) is 5.00 Å². The molecule has 3 unspecified atom stereocenters. The quantitative estimate of drug-likeness (QED) is 0.860. The van der Waals surface area contributed by atoms with E-state index in [2.05, 4.69) is 35.7 Å². The number of hydrogen-bond acceptors (Lipinski definition) is 5. The van der Waals surface area contributed by atoms with Gasteiger partial charge in [-0.2, -0.15) is 0 Å². The minimum atomic E-state index is 0.236. The third-order valence-electron chi connectivity index (χ3n) is 3.79. The topological polar surface area (TPSA) is 47.0 Å². The van der Waals surface area contributed by atoms with Gasteiger partial charge in [-0.15, -0.1) is 5.10 Å². The van der Waals surface area contributed by atoms with Gasteiger partial charge >= 0.3 is 0 Å². The zero-order chi connectivity index (χ0) is 11.6. The highest BCUT2D eigenvalue weighted by atomic mass is 32.1. The Balaban J connectivity index is 1.97. The number of aromatic nitrogens is 2. The summed E-state index contributed by atoms with van der Waals surface area (Å²) in [5, 5.41) is 8.39. The van der Waals surface area contributed by atoms with E-state index in [1.165, 1.54) is 11.5 Å². The Kier molecular flexibility index (Phi) is 3.44. The third kappa shape index (κ3) is 1.94. The normalized spacial score (nSPS) is 33.4. The molecule has 1 saturated carbocycles. The minimum Gasteiger partial charge on any atom is -0.378 e. The van der Waals surface area contributed by atoms with Crippen molar-refractivity contribution in [1.82, 2.24) is 9.59 Å². The van der Waals surface area contributed by atoms with E-state index in [0.717, 1.165) is 24.4 Å². The molecule has 90 valence electrons. The summed E-state index contributed by atoms with van der Waals surface area (Å²) in [6.07, 6.45) is 4.38. The van der Waals surface area contributed by atoms with Gasteiger partial charge in [0.05, 0.1) is 12.3 Å². The molecule has 5 heteroatoms. The van der Waals surface area contributed by atoms with Gasteiger partial charge in [-0.25, -0.2) is 0 Å². The van der Waals surface area contributed by atoms with Gasteiger partial charge in [0.2, 0.25) is 0 Å². The van der Waals surface area contributed by atoms with E-state index in [9.17, 15) is 0 Å². The number of rotatable bonds is 5. The Morgan fingerprint density at radius 2 is 2.44 bits per heavy atom. The second-order valence-corrected chi connectivity index (χ2v) is 5.30. The van der Waals surface area contributed by atoms with Crippen molar-refractivity contribution >= 4 is 16.5 Å². The molecule has 0 radical (unpaired) electrons. The summed E-state index contributed by atoms with van der Waals surface area (Å²) in [4.78, 5) is 0. The fourth-order valence-corrected chi connectivity index (χ4v) is 2.85. The summed E-state index contributed by atoms with van der Waals surface area (Å²) in [5.74, 6) is 0. The molecule has 1 N–H and O–H groups in total. The van der Waals surface area contributed by atoms with E-state index in [1.807, 2.05) is 0 Å². The second kappa shape index (κ2) is 4.67. The van der Waals surface area contributed by atoms with Crippen molar-refractivity contribution in [2.24, 2.45) is 5.41 Å². The van der Waals surface area contributed by atoms with Crippen molar-refractivity contribution in [3.05, 3.63) is 6.20 Å². The predicted octanol–water partition coefficient (Wildman–Crippen LogP) is 2.54. The zero-order valence-electron chi connectivity index (χ0n) is 10.1. The molecule has 3 atom stereocenters. The highest BCUT2D eigenvalue weighted by Gasteiger charge is 2.51. The molecule has 1 heterocycles. The molecule has 1 aromatic heterocycles. The maximum absolute atomic E-state index is 5.77. The lowest BCUT2D eigenvalue weighted by molar-refractivity contribution is -0.109. The number of ether oxygens (including phenoxy) is 1.